The highest BCUT2D eigenvalue weighted by atomic mass is 28.4. The fourth-order valence-electron chi connectivity index (χ4n) is 8.10. The number of carbonyl (C=O) groups excluding carboxylic acids is 2. The Hall–Kier alpha value is -1.14. The number of fused-ring (bicyclic) bond motifs is 3. The normalized spacial score (nSPS) is 47.9. The summed E-state index contributed by atoms with van der Waals surface area (Å²) in [5, 5.41) is 0.0480. The van der Waals surface area contributed by atoms with Crippen LogP contribution < -0.4 is 0 Å². The van der Waals surface area contributed by atoms with E-state index in [0.717, 1.165) is 12.0 Å². The maximum absolute atomic E-state index is 14.9. The van der Waals surface area contributed by atoms with E-state index in [9.17, 15) is 9.59 Å². The Kier molecular flexibility index (Phi) is 4.67. The van der Waals surface area contributed by atoms with Crippen molar-refractivity contribution >= 4 is 20.3 Å². The molecule has 0 radical (unpaired) electrons. The minimum atomic E-state index is -2.14. The first-order valence-corrected chi connectivity index (χ1v) is 15.7. The highest BCUT2D eigenvalue weighted by Crippen LogP contribution is 2.74. The highest BCUT2D eigenvalue weighted by molar-refractivity contribution is 6.74. The highest BCUT2D eigenvalue weighted by Gasteiger charge is 2.79. The van der Waals surface area contributed by atoms with Gasteiger partial charge in [-0.15, -0.1) is 0 Å². The monoisotopic (exact) mass is 474 g/mol. The molecule has 9 atom stereocenters. The molecule has 5 aliphatic rings. The predicted octanol–water partition coefficient (Wildman–Crippen LogP) is 6.13. The van der Waals surface area contributed by atoms with Crippen LogP contribution in [0.5, 0.6) is 0 Å². The third kappa shape index (κ3) is 2.74. The fraction of sp³-hybridized carbons (Fsp3) is 0.852. The van der Waals surface area contributed by atoms with Crippen molar-refractivity contribution in [2.45, 2.75) is 104 Å². The van der Waals surface area contributed by atoms with E-state index < -0.39 is 31.6 Å². The van der Waals surface area contributed by atoms with Crippen molar-refractivity contribution in [2.24, 2.45) is 40.4 Å². The van der Waals surface area contributed by atoms with Crippen molar-refractivity contribution in [3.63, 3.8) is 0 Å². The number of ketones is 1. The summed E-state index contributed by atoms with van der Waals surface area (Å²) in [6.07, 6.45) is 2.44. The van der Waals surface area contributed by atoms with E-state index in [4.69, 9.17) is 13.9 Å². The lowest BCUT2D eigenvalue weighted by Gasteiger charge is -2.45. The second-order valence-corrected chi connectivity index (χ2v) is 18.8. The van der Waals surface area contributed by atoms with Gasteiger partial charge in [-0.2, -0.15) is 0 Å². The second-order valence-electron chi connectivity index (χ2n) is 14.0. The average molecular weight is 475 g/mol. The summed E-state index contributed by atoms with van der Waals surface area (Å²) in [5.41, 5.74) is -0.690. The van der Waals surface area contributed by atoms with Crippen LogP contribution in [0.2, 0.25) is 18.1 Å². The van der Waals surface area contributed by atoms with E-state index in [1.807, 2.05) is 6.92 Å². The minimum absolute atomic E-state index is 0.0480. The molecule has 1 saturated heterocycles. The molecule has 2 spiro atoms. The summed E-state index contributed by atoms with van der Waals surface area (Å²) in [5.74, 6) is 1.01. The maximum Gasteiger partial charge on any atom is 0.509 e. The molecule has 0 amide bonds. The number of hydrogen-bond donors (Lipinski definition) is 0. The molecule has 5 nitrogen and oxygen atoms in total. The Morgan fingerprint density at radius 2 is 1.79 bits per heavy atom. The molecule has 0 N–H and O–H groups in total. The topological polar surface area (TPSA) is 61.8 Å². The molecule has 4 aliphatic carbocycles. The molecule has 33 heavy (non-hydrogen) atoms. The molecule has 1 heterocycles. The van der Waals surface area contributed by atoms with E-state index in [2.05, 4.69) is 67.6 Å². The fourth-order valence-corrected chi connectivity index (χ4v) is 9.51. The lowest BCUT2D eigenvalue weighted by atomic mass is 9.60. The largest absolute Gasteiger partial charge is 0.509 e. The zero-order valence-corrected chi connectivity index (χ0v) is 23.1. The first-order chi connectivity index (χ1) is 15.0. The number of Topliss-reactive ketones (excluding diaryl/α,β-unsaturated/α-hetero) is 1. The Morgan fingerprint density at radius 1 is 1.15 bits per heavy atom. The second kappa shape index (κ2) is 6.54. The van der Waals surface area contributed by atoms with E-state index in [1.165, 1.54) is 0 Å². The molecule has 2 bridgehead atoms. The summed E-state index contributed by atoms with van der Waals surface area (Å²) in [4.78, 5) is 27.4. The van der Waals surface area contributed by atoms with Crippen molar-refractivity contribution in [3.05, 3.63) is 11.6 Å². The Bertz CT molecular complexity index is 945. The van der Waals surface area contributed by atoms with Crippen LogP contribution >= 0.6 is 0 Å². The van der Waals surface area contributed by atoms with Gasteiger partial charge in [-0.1, -0.05) is 54.5 Å². The van der Waals surface area contributed by atoms with E-state index in [-0.39, 0.29) is 40.1 Å². The van der Waals surface area contributed by atoms with Gasteiger partial charge < -0.3 is 13.9 Å². The van der Waals surface area contributed by atoms with Crippen LogP contribution in [0.3, 0.4) is 0 Å². The first-order valence-electron chi connectivity index (χ1n) is 12.8. The van der Waals surface area contributed by atoms with Crippen molar-refractivity contribution in [3.8, 4) is 0 Å². The molecular formula is C27H42O5Si. The van der Waals surface area contributed by atoms with E-state index in [1.54, 1.807) is 0 Å². The van der Waals surface area contributed by atoms with Crippen LogP contribution in [-0.2, 0) is 18.7 Å². The molecule has 0 aromatic carbocycles. The average Bonchev–Trinajstić information content (AvgIpc) is 2.96. The third-order valence-corrected chi connectivity index (χ3v) is 15.3. The van der Waals surface area contributed by atoms with E-state index >= 15 is 0 Å². The molecule has 0 aromatic heterocycles. The molecular weight excluding hydrogens is 432 g/mol. The van der Waals surface area contributed by atoms with Gasteiger partial charge in [0.2, 0.25) is 0 Å². The van der Waals surface area contributed by atoms with Gasteiger partial charge in [0, 0.05) is 5.92 Å². The zero-order chi connectivity index (χ0) is 24.5. The maximum atomic E-state index is 14.9. The molecule has 6 heteroatoms. The quantitative estimate of drug-likeness (QED) is 0.273. The molecule has 1 aliphatic heterocycles. The first kappa shape index (κ1) is 23.6. The van der Waals surface area contributed by atoms with Gasteiger partial charge >= 0.3 is 6.16 Å². The van der Waals surface area contributed by atoms with E-state index in [0.29, 0.717) is 18.3 Å². The third-order valence-electron chi connectivity index (χ3n) is 10.9. The van der Waals surface area contributed by atoms with Crippen LogP contribution in [0.25, 0.3) is 0 Å². The van der Waals surface area contributed by atoms with Crippen LogP contribution in [0.15, 0.2) is 11.6 Å². The smallest absolute Gasteiger partial charge is 0.422 e. The van der Waals surface area contributed by atoms with Crippen molar-refractivity contribution in [2.75, 3.05) is 0 Å². The van der Waals surface area contributed by atoms with Gasteiger partial charge in [0.25, 0.3) is 0 Å². The van der Waals surface area contributed by atoms with Gasteiger partial charge in [-0.25, -0.2) is 4.79 Å². The Morgan fingerprint density at radius 3 is 2.39 bits per heavy atom. The summed E-state index contributed by atoms with van der Waals surface area (Å²) < 4.78 is 19.0. The lowest BCUT2D eigenvalue weighted by molar-refractivity contribution is -0.148. The van der Waals surface area contributed by atoms with Crippen LogP contribution in [0.4, 0.5) is 4.79 Å². The van der Waals surface area contributed by atoms with Gasteiger partial charge in [-0.05, 0) is 72.6 Å². The zero-order valence-electron chi connectivity index (χ0n) is 22.1. The Labute approximate surface area is 200 Å². The molecule has 3 saturated carbocycles. The summed E-state index contributed by atoms with van der Waals surface area (Å²) >= 11 is 0. The summed E-state index contributed by atoms with van der Waals surface area (Å²) in [7, 11) is -2.14. The van der Waals surface area contributed by atoms with Crippen molar-refractivity contribution < 1.29 is 23.5 Å². The molecule has 4 fully saturated rings. The lowest BCUT2D eigenvalue weighted by Crippen LogP contribution is -2.58. The minimum Gasteiger partial charge on any atom is -0.422 e. The van der Waals surface area contributed by atoms with Crippen LogP contribution in [0.1, 0.15) is 68.2 Å². The summed E-state index contributed by atoms with van der Waals surface area (Å²) in [6.45, 7) is 22.4. The number of carbonyl (C=O) groups is 2. The van der Waals surface area contributed by atoms with Gasteiger partial charge in [-0.3, -0.25) is 4.79 Å². The standard InChI is InChI=1S/C27H42O5Si/c1-14-13-27-22(30-23(29)31-27)15(2)12-26(27)16(3)11-17-19(25(17,7)8)18(21(26)28)20(14)32-33(9,10)24(4,5)6/h12,14,16-20,22H,11,13H2,1-10H3/t14-,16-,17-,18-,19-,20-,22+,26+,27+/m1/s1. The summed E-state index contributed by atoms with van der Waals surface area (Å²) in [6, 6.07) is 0. The van der Waals surface area contributed by atoms with Gasteiger partial charge in [0.05, 0.1) is 11.5 Å². The molecule has 184 valence electrons. The van der Waals surface area contributed by atoms with Crippen molar-refractivity contribution in [1.29, 1.82) is 0 Å². The molecule has 0 unspecified atom stereocenters. The number of rotatable bonds is 2. The number of hydrogen-bond acceptors (Lipinski definition) is 5. The van der Waals surface area contributed by atoms with Crippen molar-refractivity contribution in [1.82, 2.24) is 0 Å². The number of ether oxygens (including phenoxy) is 2. The molecule has 0 aromatic rings. The molecule has 5 rings (SSSR count). The van der Waals surface area contributed by atoms with Gasteiger partial charge in [0.1, 0.15) is 0 Å². The Balaban J connectivity index is 1.70. The van der Waals surface area contributed by atoms with Gasteiger partial charge in [0.15, 0.2) is 25.8 Å². The van der Waals surface area contributed by atoms with Crippen LogP contribution in [0, 0.1) is 40.4 Å². The predicted molar refractivity (Wildman–Crippen MR) is 129 cm³/mol. The SMILES string of the molecule is CC1=C[C@]23C(=O)[C@@H]([C@H](O[Si](C)(C)C(C)(C)C)[C@H](C)C[C@@]24OC(=O)O[C@@H]14)[C@H]1[C@@H](C[C@H]3C)C1(C)C. The van der Waals surface area contributed by atoms with Crippen LogP contribution in [-0.4, -0.2) is 38.1 Å².